The lowest BCUT2D eigenvalue weighted by Crippen LogP contribution is -1.87. The zero-order valence-electron chi connectivity index (χ0n) is 6.80. The second-order valence-electron chi connectivity index (χ2n) is 1.74. The summed E-state index contributed by atoms with van der Waals surface area (Å²) in [5.74, 6) is 0. The van der Waals surface area contributed by atoms with Gasteiger partial charge in [-0.15, -0.1) is 11.3 Å². The van der Waals surface area contributed by atoms with Crippen LogP contribution in [0.15, 0.2) is 11.6 Å². The molecule has 0 fully saturated rings. The first-order valence-electron chi connectivity index (χ1n) is 3.04. The number of methoxy groups -OCH3 is 1. The first-order valence-corrected chi connectivity index (χ1v) is 4.75. The molecule has 1 unspecified atom stereocenters. The maximum atomic E-state index is 8.88. The van der Waals surface area contributed by atoms with Gasteiger partial charge in [0.1, 0.15) is 5.01 Å². The third-order valence-corrected chi connectivity index (χ3v) is 2.16. The van der Waals surface area contributed by atoms with E-state index in [4.69, 9.17) is 9.66 Å². The van der Waals surface area contributed by atoms with Crippen molar-refractivity contribution in [3.05, 3.63) is 16.6 Å². The Balaban J connectivity index is 0.000000354. The van der Waals surface area contributed by atoms with E-state index >= 15 is 0 Å². The molecule has 1 rings (SSSR count). The standard InChI is InChI=1S/C4H5NO2S2.C2H6O/c6-4(9-7)3-5-1-2-8-3;1-3-2/h1-2,4,6-7H;1-2H3. The highest BCUT2D eigenvalue weighted by molar-refractivity contribution is 7.93. The van der Waals surface area contributed by atoms with Gasteiger partial charge in [-0.1, -0.05) is 0 Å². The van der Waals surface area contributed by atoms with Gasteiger partial charge in [0.05, 0.1) is 0 Å². The fourth-order valence-electron chi connectivity index (χ4n) is 0.402. The molecule has 0 saturated heterocycles. The van der Waals surface area contributed by atoms with Crippen LogP contribution in [0, 0.1) is 0 Å². The molecule has 12 heavy (non-hydrogen) atoms. The molecule has 2 N–H and O–H groups in total. The van der Waals surface area contributed by atoms with Crippen LogP contribution in [0.3, 0.4) is 0 Å². The van der Waals surface area contributed by atoms with Gasteiger partial charge in [0, 0.05) is 37.8 Å². The number of aliphatic hydroxyl groups excluding tert-OH is 1. The fraction of sp³-hybridized carbons (Fsp3) is 0.500. The highest BCUT2D eigenvalue weighted by Gasteiger charge is 2.07. The van der Waals surface area contributed by atoms with Gasteiger partial charge in [-0.25, -0.2) is 4.98 Å². The molecular formula is C6H11NO3S2. The van der Waals surface area contributed by atoms with Crippen LogP contribution >= 0.6 is 23.4 Å². The average molecular weight is 209 g/mol. The lowest BCUT2D eigenvalue weighted by molar-refractivity contribution is 0.262. The molecule has 0 spiro atoms. The van der Waals surface area contributed by atoms with Crippen molar-refractivity contribution in [2.24, 2.45) is 0 Å². The van der Waals surface area contributed by atoms with Crippen molar-refractivity contribution in [1.82, 2.24) is 4.98 Å². The zero-order valence-corrected chi connectivity index (χ0v) is 8.43. The van der Waals surface area contributed by atoms with E-state index in [0.29, 0.717) is 17.1 Å². The van der Waals surface area contributed by atoms with Crippen molar-refractivity contribution in [2.45, 2.75) is 5.44 Å². The van der Waals surface area contributed by atoms with Gasteiger partial charge in [0.15, 0.2) is 5.44 Å². The number of ether oxygens (including phenoxy) is 1. The molecule has 1 aromatic heterocycles. The molecule has 0 amide bonds. The van der Waals surface area contributed by atoms with Crippen LogP contribution < -0.4 is 0 Å². The molecule has 0 radical (unpaired) electrons. The van der Waals surface area contributed by atoms with E-state index in [0.717, 1.165) is 0 Å². The van der Waals surface area contributed by atoms with Gasteiger partial charge in [0.25, 0.3) is 0 Å². The van der Waals surface area contributed by atoms with Gasteiger partial charge in [-0.05, 0) is 0 Å². The van der Waals surface area contributed by atoms with Crippen LogP contribution in [0.25, 0.3) is 0 Å². The number of aromatic nitrogens is 1. The Labute approximate surface area is 79.4 Å². The average Bonchev–Trinajstić information content (AvgIpc) is 2.56. The quantitative estimate of drug-likeness (QED) is 0.572. The molecule has 0 saturated carbocycles. The molecule has 1 atom stereocenters. The van der Waals surface area contributed by atoms with E-state index in [9.17, 15) is 0 Å². The molecular weight excluding hydrogens is 198 g/mol. The molecule has 70 valence electrons. The maximum Gasteiger partial charge on any atom is 0.176 e. The molecule has 1 aromatic rings. The van der Waals surface area contributed by atoms with Gasteiger partial charge in [-0.2, -0.15) is 0 Å². The second kappa shape index (κ2) is 7.51. The van der Waals surface area contributed by atoms with E-state index in [1.54, 1.807) is 25.8 Å². The number of hydrogen-bond donors (Lipinski definition) is 2. The molecule has 0 bridgehead atoms. The molecule has 0 aliphatic heterocycles. The van der Waals surface area contributed by atoms with Gasteiger partial charge in [-0.3, -0.25) is 0 Å². The van der Waals surface area contributed by atoms with Gasteiger partial charge >= 0.3 is 0 Å². The first-order chi connectivity index (χ1) is 5.76. The topological polar surface area (TPSA) is 62.6 Å². The summed E-state index contributed by atoms with van der Waals surface area (Å²) in [7, 11) is 3.25. The molecule has 6 heteroatoms. The summed E-state index contributed by atoms with van der Waals surface area (Å²) < 4.78 is 12.6. The summed E-state index contributed by atoms with van der Waals surface area (Å²) in [5, 5.41) is 11.2. The number of rotatable bonds is 2. The minimum absolute atomic E-state index is 0.386. The largest absolute Gasteiger partial charge is 0.388 e. The third kappa shape index (κ3) is 4.68. The predicted octanol–water partition coefficient (Wildman–Crippen LogP) is 1.60. The highest BCUT2D eigenvalue weighted by Crippen LogP contribution is 2.23. The van der Waals surface area contributed by atoms with Gasteiger partial charge in [0.2, 0.25) is 0 Å². The molecule has 1 heterocycles. The Bertz CT molecular complexity index is 181. The number of aliphatic hydroxyl groups is 1. The van der Waals surface area contributed by atoms with Crippen molar-refractivity contribution in [2.75, 3.05) is 14.2 Å². The summed E-state index contributed by atoms with van der Waals surface area (Å²) in [6.07, 6.45) is 1.58. The third-order valence-electron chi connectivity index (χ3n) is 0.763. The van der Waals surface area contributed by atoms with Crippen LogP contribution in [0.2, 0.25) is 0 Å². The Kier molecular flexibility index (Phi) is 7.42. The van der Waals surface area contributed by atoms with Crippen LogP contribution in [0.4, 0.5) is 0 Å². The monoisotopic (exact) mass is 209 g/mol. The van der Waals surface area contributed by atoms with E-state index in [2.05, 4.69) is 9.72 Å². The normalized spacial score (nSPS) is 11.7. The number of nitrogens with zero attached hydrogens (tertiary/aromatic N) is 1. The van der Waals surface area contributed by atoms with Crippen LogP contribution in [-0.2, 0) is 4.74 Å². The van der Waals surface area contributed by atoms with Crippen LogP contribution in [0.5, 0.6) is 0 Å². The van der Waals surface area contributed by atoms with Gasteiger partial charge < -0.3 is 14.4 Å². The molecule has 0 aromatic carbocycles. The summed E-state index contributed by atoms with van der Waals surface area (Å²) in [5.41, 5.74) is -0.884. The van der Waals surface area contributed by atoms with Crippen molar-refractivity contribution >= 4 is 23.4 Å². The Hall–Kier alpha value is -0.140. The Morgan fingerprint density at radius 2 is 2.25 bits per heavy atom. The summed E-state index contributed by atoms with van der Waals surface area (Å²) in [4.78, 5) is 3.77. The SMILES string of the molecule is COC.OSC(O)c1nccs1. The van der Waals surface area contributed by atoms with Crippen molar-refractivity contribution in [3.63, 3.8) is 0 Å². The first kappa shape index (κ1) is 11.9. The Morgan fingerprint density at radius 1 is 1.67 bits per heavy atom. The fourth-order valence-corrected chi connectivity index (χ4v) is 1.35. The van der Waals surface area contributed by atoms with Crippen molar-refractivity contribution < 1.29 is 14.4 Å². The molecule has 0 aliphatic rings. The minimum Gasteiger partial charge on any atom is -0.388 e. The van der Waals surface area contributed by atoms with E-state index in [1.165, 1.54) is 11.3 Å². The van der Waals surface area contributed by atoms with E-state index < -0.39 is 5.44 Å². The van der Waals surface area contributed by atoms with Crippen molar-refractivity contribution in [3.8, 4) is 0 Å². The predicted molar refractivity (Wildman–Crippen MR) is 50.2 cm³/mol. The van der Waals surface area contributed by atoms with E-state index in [1.807, 2.05) is 0 Å². The lowest BCUT2D eigenvalue weighted by atomic mass is 10.7. The summed E-state index contributed by atoms with van der Waals surface area (Å²) in [6, 6.07) is 0. The summed E-state index contributed by atoms with van der Waals surface area (Å²) in [6.45, 7) is 0. The second-order valence-corrected chi connectivity index (χ2v) is 3.32. The number of hydrogen-bond acceptors (Lipinski definition) is 6. The maximum absolute atomic E-state index is 8.88. The summed E-state index contributed by atoms with van der Waals surface area (Å²) >= 11 is 1.70. The highest BCUT2D eigenvalue weighted by atomic mass is 32.2. The lowest BCUT2D eigenvalue weighted by Gasteiger charge is -1.97. The smallest absolute Gasteiger partial charge is 0.176 e. The van der Waals surface area contributed by atoms with Crippen LogP contribution in [-0.4, -0.2) is 28.9 Å². The number of thiazole rings is 1. The molecule has 4 nitrogen and oxygen atoms in total. The van der Waals surface area contributed by atoms with Crippen LogP contribution in [0.1, 0.15) is 10.4 Å². The Morgan fingerprint density at radius 3 is 2.58 bits per heavy atom. The zero-order chi connectivity index (χ0) is 9.40. The van der Waals surface area contributed by atoms with Crippen molar-refractivity contribution in [1.29, 1.82) is 0 Å². The molecule has 0 aliphatic carbocycles. The van der Waals surface area contributed by atoms with E-state index in [-0.39, 0.29) is 0 Å². The minimum atomic E-state index is -0.884.